The number of rotatable bonds is 6. The standard InChI is InChI=1S/C16H17F2N3O2/c1-11-9-13(21(2)20-11)10-19-15(22)8-5-12-3-6-14(7-4-12)23-16(17)18/h3-9,16H,10H2,1-2H3,(H,19,22)/b8-5-. The molecule has 0 aliphatic carbocycles. The maximum Gasteiger partial charge on any atom is 0.387 e. The predicted molar refractivity (Wildman–Crippen MR) is 81.9 cm³/mol. The van der Waals surface area contributed by atoms with Gasteiger partial charge in [-0.3, -0.25) is 9.48 Å². The van der Waals surface area contributed by atoms with Gasteiger partial charge in [-0.1, -0.05) is 12.1 Å². The van der Waals surface area contributed by atoms with Crippen LogP contribution in [0.15, 0.2) is 36.4 Å². The van der Waals surface area contributed by atoms with E-state index in [2.05, 4.69) is 15.2 Å². The number of hydrogen-bond acceptors (Lipinski definition) is 3. The van der Waals surface area contributed by atoms with Crippen LogP contribution < -0.4 is 10.1 Å². The summed E-state index contributed by atoms with van der Waals surface area (Å²) in [5.74, 6) is -0.176. The number of hydrogen-bond donors (Lipinski definition) is 1. The molecule has 2 aromatic rings. The zero-order valence-corrected chi connectivity index (χ0v) is 12.8. The minimum absolute atomic E-state index is 0.0770. The first-order chi connectivity index (χ1) is 10.9. The van der Waals surface area contributed by atoms with Crippen molar-refractivity contribution in [2.75, 3.05) is 0 Å². The third kappa shape index (κ3) is 5.21. The van der Waals surface area contributed by atoms with Crippen LogP contribution in [-0.2, 0) is 18.4 Å². The predicted octanol–water partition coefficient (Wildman–Crippen LogP) is 2.66. The number of aromatic nitrogens is 2. The molecule has 0 aliphatic heterocycles. The molecule has 0 unspecified atom stereocenters. The fraction of sp³-hybridized carbons (Fsp3) is 0.250. The number of carbonyl (C=O) groups is 1. The van der Waals surface area contributed by atoms with Crippen LogP contribution in [0, 0.1) is 6.92 Å². The molecule has 0 atom stereocenters. The Balaban J connectivity index is 1.87. The van der Waals surface area contributed by atoms with Crippen molar-refractivity contribution < 1.29 is 18.3 Å². The van der Waals surface area contributed by atoms with E-state index >= 15 is 0 Å². The smallest absolute Gasteiger partial charge is 0.387 e. The molecule has 0 aliphatic rings. The van der Waals surface area contributed by atoms with Gasteiger partial charge in [0.1, 0.15) is 5.75 Å². The third-order valence-corrected chi connectivity index (χ3v) is 3.08. The van der Waals surface area contributed by atoms with Crippen molar-refractivity contribution in [2.45, 2.75) is 20.1 Å². The van der Waals surface area contributed by atoms with E-state index in [1.165, 1.54) is 18.2 Å². The molecule has 1 aromatic heterocycles. The number of amides is 1. The fourth-order valence-corrected chi connectivity index (χ4v) is 2.00. The molecule has 0 bridgehead atoms. The van der Waals surface area contributed by atoms with E-state index in [4.69, 9.17) is 0 Å². The number of benzene rings is 1. The average Bonchev–Trinajstić information content (AvgIpc) is 2.82. The number of aryl methyl sites for hydroxylation is 2. The van der Waals surface area contributed by atoms with E-state index in [1.54, 1.807) is 22.9 Å². The number of nitrogens with zero attached hydrogens (tertiary/aromatic N) is 2. The number of halogens is 2. The summed E-state index contributed by atoms with van der Waals surface area (Å²) in [4.78, 5) is 11.8. The zero-order chi connectivity index (χ0) is 16.8. The van der Waals surface area contributed by atoms with E-state index in [1.807, 2.05) is 20.0 Å². The van der Waals surface area contributed by atoms with Crippen LogP contribution in [-0.4, -0.2) is 22.3 Å². The van der Waals surface area contributed by atoms with Crippen molar-refractivity contribution in [3.63, 3.8) is 0 Å². The molecule has 7 heteroatoms. The van der Waals surface area contributed by atoms with Gasteiger partial charge in [0.25, 0.3) is 0 Å². The molecule has 5 nitrogen and oxygen atoms in total. The lowest BCUT2D eigenvalue weighted by molar-refractivity contribution is -0.116. The van der Waals surface area contributed by atoms with Gasteiger partial charge in [0.05, 0.1) is 17.9 Å². The van der Waals surface area contributed by atoms with Crippen LogP contribution >= 0.6 is 0 Å². The fourth-order valence-electron chi connectivity index (χ4n) is 2.00. The summed E-state index contributed by atoms with van der Waals surface area (Å²) in [5, 5.41) is 6.94. The number of nitrogens with one attached hydrogen (secondary N) is 1. The van der Waals surface area contributed by atoms with Crippen LogP contribution in [0.5, 0.6) is 5.75 Å². The second-order valence-corrected chi connectivity index (χ2v) is 4.90. The first-order valence-electron chi connectivity index (χ1n) is 6.94. The third-order valence-electron chi connectivity index (χ3n) is 3.08. The average molecular weight is 321 g/mol. The van der Waals surface area contributed by atoms with Gasteiger partial charge in [0.15, 0.2) is 0 Å². The number of alkyl halides is 2. The van der Waals surface area contributed by atoms with Crippen molar-refractivity contribution in [1.29, 1.82) is 0 Å². The van der Waals surface area contributed by atoms with Crippen LogP contribution in [0.3, 0.4) is 0 Å². The molecule has 122 valence electrons. The topological polar surface area (TPSA) is 56.1 Å². The Bertz CT molecular complexity index is 694. The highest BCUT2D eigenvalue weighted by Gasteiger charge is 2.04. The summed E-state index contributed by atoms with van der Waals surface area (Å²) >= 11 is 0. The molecular formula is C16H17F2N3O2. The van der Waals surface area contributed by atoms with Crippen LogP contribution in [0.4, 0.5) is 8.78 Å². The maximum absolute atomic E-state index is 12.0. The van der Waals surface area contributed by atoms with Gasteiger partial charge >= 0.3 is 6.61 Å². The lowest BCUT2D eigenvalue weighted by atomic mass is 10.2. The Kier molecular flexibility index (Phi) is 5.46. The molecule has 0 saturated carbocycles. The molecule has 1 N–H and O–H groups in total. The molecule has 1 amide bonds. The molecule has 2 rings (SSSR count). The molecule has 1 heterocycles. The summed E-state index contributed by atoms with van der Waals surface area (Å²) in [7, 11) is 1.81. The van der Waals surface area contributed by atoms with Crippen LogP contribution in [0.2, 0.25) is 0 Å². The van der Waals surface area contributed by atoms with E-state index in [0.717, 1.165) is 11.4 Å². The number of carbonyl (C=O) groups excluding carboxylic acids is 1. The van der Waals surface area contributed by atoms with Crippen molar-refractivity contribution >= 4 is 12.0 Å². The lowest BCUT2D eigenvalue weighted by Gasteiger charge is -2.04. The van der Waals surface area contributed by atoms with Crippen LogP contribution in [0.25, 0.3) is 6.08 Å². The van der Waals surface area contributed by atoms with Crippen molar-refractivity contribution in [3.8, 4) is 5.75 Å². The molecule has 0 radical (unpaired) electrons. The summed E-state index contributed by atoms with van der Waals surface area (Å²) in [6.07, 6.45) is 2.97. The summed E-state index contributed by atoms with van der Waals surface area (Å²) in [6, 6.07) is 7.91. The molecular weight excluding hydrogens is 304 g/mol. The first kappa shape index (κ1) is 16.7. The Morgan fingerprint density at radius 3 is 2.65 bits per heavy atom. The van der Waals surface area contributed by atoms with Crippen molar-refractivity contribution in [1.82, 2.24) is 15.1 Å². The van der Waals surface area contributed by atoms with Gasteiger partial charge in [-0.15, -0.1) is 0 Å². The summed E-state index contributed by atoms with van der Waals surface area (Å²) < 4.78 is 30.0. The SMILES string of the molecule is Cc1cc(CNC(=O)/C=C\c2ccc(OC(F)F)cc2)n(C)n1. The quantitative estimate of drug-likeness (QED) is 0.832. The van der Waals surface area contributed by atoms with Gasteiger partial charge < -0.3 is 10.1 Å². The van der Waals surface area contributed by atoms with Crippen molar-refractivity contribution in [3.05, 3.63) is 53.4 Å². The molecule has 0 spiro atoms. The molecule has 1 aromatic carbocycles. The molecule has 0 saturated heterocycles. The summed E-state index contributed by atoms with van der Waals surface area (Å²) in [6.45, 7) is -0.591. The lowest BCUT2D eigenvalue weighted by Crippen LogP contribution is -2.21. The maximum atomic E-state index is 12.0. The normalized spacial score (nSPS) is 11.2. The van der Waals surface area contributed by atoms with Gasteiger partial charge in [-0.25, -0.2) is 0 Å². The highest BCUT2D eigenvalue weighted by Crippen LogP contribution is 2.15. The van der Waals surface area contributed by atoms with E-state index in [-0.39, 0.29) is 11.7 Å². The Morgan fingerprint density at radius 2 is 2.09 bits per heavy atom. The second-order valence-electron chi connectivity index (χ2n) is 4.90. The van der Waals surface area contributed by atoms with Gasteiger partial charge in [-0.2, -0.15) is 13.9 Å². The Morgan fingerprint density at radius 1 is 1.39 bits per heavy atom. The summed E-state index contributed by atoms with van der Waals surface area (Å²) in [5.41, 5.74) is 2.49. The Hall–Kier alpha value is -2.70. The molecule has 0 fully saturated rings. The van der Waals surface area contributed by atoms with E-state index in [9.17, 15) is 13.6 Å². The molecule has 23 heavy (non-hydrogen) atoms. The van der Waals surface area contributed by atoms with Crippen LogP contribution in [0.1, 0.15) is 17.0 Å². The van der Waals surface area contributed by atoms with E-state index in [0.29, 0.717) is 12.1 Å². The minimum Gasteiger partial charge on any atom is -0.435 e. The number of ether oxygens (including phenoxy) is 1. The van der Waals surface area contributed by atoms with Gasteiger partial charge in [-0.05, 0) is 36.8 Å². The van der Waals surface area contributed by atoms with Gasteiger partial charge in [0.2, 0.25) is 5.91 Å². The monoisotopic (exact) mass is 321 g/mol. The minimum atomic E-state index is -2.85. The van der Waals surface area contributed by atoms with E-state index < -0.39 is 6.61 Å². The highest BCUT2D eigenvalue weighted by atomic mass is 19.3. The van der Waals surface area contributed by atoms with Gasteiger partial charge in [0, 0.05) is 13.1 Å². The largest absolute Gasteiger partial charge is 0.435 e. The second kappa shape index (κ2) is 7.53. The Labute approximate surface area is 132 Å². The zero-order valence-electron chi connectivity index (χ0n) is 12.8. The highest BCUT2D eigenvalue weighted by molar-refractivity contribution is 5.91. The first-order valence-corrected chi connectivity index (χ1v) is 6.94. The van der Waals surface area contributed by atoms with Crippen molar-refractivity contribution in [2.24, 2.45) is 7.05 Å².